The van der Waals surface area contributed by atoms with Crippen molar-refractivity contribution < 1.29 is 9.32 Å². The van der Waals surface area contributed by atoms with Gasteiger partial charge in [-0.25, -0.2) is 0 Å². The molecule has 2 heterocycles. The maximum atomic E-state index is 9.06. The molecule has 0 aliphatic heterocycles. The molecule has 0 aliphatic rings. The zero-order valence-electron chi connectivity index (χ0n) is 11.1. The van der Waals surface area contributed by atoms with Gasteiger partial charge in [-0.3, -0.25) is 0 Å². The van der Waals surface area contributed by atoms with Gasteiger partial charge in [0.1, 0.15) is 6.07 Å². The summed E-state index contributed by atoms with van der Waals surface area (Å²) in [5.74, 6) is 0.979. The molecule has 5 nitrogen and oxygen atoms in total. The summed E-state index contributed by atoms with van der Waals surface area (Å²) in [6, 6.07) is 5.92. The maximum absolute atomic E-state index is 9.06. The molecule has 2 aromatic rings. The SMILES string of the molecule is C[NH+](C)CCCNc1oc(-c2cccs2)nc1C#N. The number of anilines is 1. The normalized spacial score (nSPS) is 10.6. The number of quaternary nitrogens is 1. The van der Waals surface area contributed by atoms with E-state index in [0.29, 0.717) is 17.5 Å². The molecule has 100 valence electrons. The van der Waals surface area contributed by atoms with Crippen LogP contribution >= 0.6 is 11.3 Å². The quantitative estimate of drug-likeness (QED) is 0.779. The van der Waals surface area contributed by atoms with E-state index >= 15 is 0 Å². The van der Waals surface area contributed by atoms with Crippen molar-refractivity contribution in [3.05, 3.63) is 23.2 Å². The van der Waals surface area contributed by atoms with Gasteiger partial charge in [0, 0.05) is 13.0 Å². The van der Waals surface area contributed by atoms with Crippen molar-refractivity contribution in [1.82, 2.24) is 4.98 Å². The van der Waals surface area contributed by atoms with Gasteiger partial charge in [0.05, 0.1) is 25.5 Å². The molecule has 0 atom stereocenters. The van der Waals surface area contributed by atoms with E-state index in [0.717, 1.165) is 24.4 Å². The predicted molar refractivity (Wildman–Crippen MR) is 75.3 cm³/mol. The predicted octanol–water partition coefficient (Wildman–Crippen LogP) is 1.22. The Morgan fingerprint density at radius 1 is 1.53 bits per heavy atom. The summed E-state index contributed by atoms with van der Waals surface area (Å²) in [4.78, 5) is 6.53. The molecule has 6 heteroatoms. The van der Waals surface area contributed by atoms with Gasteiger partial charge in [0.15, 0.2) is 0 Å². The number of hydrogen-bond acceptors (Lipinski definition) is 5. The fourth-order valence-electron chi connectivity index (χ4n) is 1.67. The number of nitriles is 1. The molecule has 2 aromatic heterocycles. The first-order valence-electron chi connectivity index (χ1n) is 6.18. The van der Waals surface area contributed by atoms with Crippen molar-refractivity contribution in [3.8, 4) is 16.8 Å². The molecule has 0 saturated heterocycles. The molecule has 0 aliphatic carbocycles. The highest BCUT2D eigenvalue weighted by Gasteiger charge is 2.14. The zero-order valence-corrected chi connectivity index (χ0v) is 11.9. The first-order chi connectivity index (χ1) is 9.20. The van der Waals surface area contributed by atoms with E-state index < -0.39 is 0 Å². The third-order valence-corrected chi connectivity index (χ3v) is 3.46. The Morgan fingerprint density at radius 2 is 2.37 bits per heavy atom. The lowest BCUT2D eigenvalue weighted by atomic mass is 10.4. The smallest absolute Gasteiger partial charge is 0.240 e. The van der Waals surface area contributed by atoms with Crippen LogP contribution in [0.5, 0.6) is 0 Å². The number of nitrogens with zero attached hydrogens (tertiary/aromatic N) is 2. The Kier molecular flexibility index (Phi) is 4.55. The minimum absolute atomic E-state index is 0.320. The van der Waals surface area contributed by atoms with Crippen LogP contribution in [0.4, 0.5) is 5.88 Å². The van der Waals surface area contributed by atoms with Gasteiger partial charge in [0.25, 0.3) is 0 Å². The third-order valence-electron chi connectivity index (χ3n) is 2.60. The van der Waals surface area contributed by atoms with Gasteiger partial charge in [0.2, 0.25) is 17.5 Å². The van der Waals surface area contributed by atoms with Gasteiger partial charge in [-0.2, -0.15) is 10.2 Å². The number of thiophene rings is 1. The van der Waals surface area contributed by atoms with E-state index in [1.165, 1.54) is 4.90 Å². The number of oxazole rings is 1. The molecule has 0 aromatic carbocycles. The first-order valence-corrected chi connectivity index (χ1v) is 7.06. The number of aromatic nitrogens is 1. The zero-order chi connectivity index (χ0) is 13.7. The van der Waals surface area contributed by atoms with Crippen molar-refractivity contribution >= 4 is 17.2 Å². The van der Waals surface area contributed by atoms with Crippen molar-refractivity contribution in [2.24, 2.45) is 0 Å². The fourth-order valence-corrected chi connectivity index (χ4v) is 2.31. The van der Waals surface area contributed by atoms with Crippen LogP contribution in [0.3, 0.4) is 0 Å². The summed E-state index contributed by atoms with van der Waals surface area (Å²) in [5.41, 5.74) is 0.320. The highest BCUT2D eigenvalue weighted by atomic mass is 32.1. The van der Waals surface area contributed by atoms with Crippen LogP contribution in [0, 0.1) is 11.3 Å². The summed E-state index contributed by atoms with van der Waals surface area (Å²) in [6.45, 7) is 1.85. The van der Waals surface area contributed by atoms with E-state index in [1.807, 2.05) is 17.5 Å². The lowest BCUT2D eigenvalue weighted by molar-refractivity contribution is -0.858. The minimum atomic E-state index is 0.320. The molecule has 2 rings (SSSR count). The Labute approximate surface area is 116 Å². The number of hydrogen-bond donors (Lipinski definition) is 2. The van der Waals surface area contributed by atoms with E-state index in [1.54, 1.807) is 11.3 Å². The molecule has 19 heavy (non-hydrogen) atoms. The van der Waals surface area contributed by atoms with E-state index in [9.17, 15) is 0 Å². The summed E-state index contributed by atoms with van der Waals surface area (Å²) in [5, 5.41) is 14.2. The summed E-state index contributed by atoms with van der Waals surface area (Å²) >= 11 is 1.54. The molecule has 0 bridgehead atoms. The monoisotopic (exact) mass is 277 g/mol. The lowest BCUT2D eigenvalue weighted by Crippen LogP contribution is -3.05. The molecule has 0 amide bonds. The lowest BCUT2D eigenvalue weighted by Gasteiger charge is -2.06. The van der Waals surface area contributed by atoms with E-state index in [4.69, 9.17) is 9.68 Å². The largest absolute Gasteiger partial charge is 0.418 e. The van der Waals surface area contributed by atoms with Gasteiger partial charge in [-0.1, -0.05) is 6.07 Å². The highest BCUT2D eigenvalue weighted by Crippen LogP contribution is 2.28. The number of nitrogens with one attached hydrogen (secondary N) is 2. The highest BCUT2D eigenvalue weighted by molar-refractivity contribution is 7.13. The van der Waals surface area contributed by atoms with Crippen molar-refractivity contribution in [2.75, 3.05) is 32.5 Å². The third kappa shape index (κ3) is 3.56. The second kappa shape index (κ2) is 6.36. The van der Waals surface area contributed by atoms with Crippen LogP contribution in [0.15, 0.2) is 21.9 Å². The molecule has 0 spiro atoms. The van der Waals surface area contributed by atoms with Crippen LogP contribution in [-0.2, 0) is 0 Å². The molecule has 0 saturated carbocycles. The van der Waals surface area contributed by atoms with Gasteiger partial charge < -0.3 is 14.6 Å². The second-order valence-corrected chi connectivity index (χ2v) is 5.47. The van der Waals surface area contributed by atoms with E-state index in [2.05, 4.69) is 30.5 Å². The Hall–Kier alpha value is -1.84. The second-order valence-electron chi connectivity index (χ2n) is 4.52. The molecule has 2 N–H and O–H groups in total. The topological polar surface area (TPSA) is 66.3 Å². The standard InChI is InChI=1S/C13H16N4OS/c1-17(2)7-4-6-15-12-10(9-14)16-13(18-12)11-5-3-8-19-11/h3,5,8,15H,4,6-7H2,1-2H3/p+1. The minimum Gasteiger partial charge on any atom is -0.418 e. The van der Waals surface area contributed by atoms with Crippen LogP contribution in [0.1, 0.15) is 12.1 Å². The van der Waals surface area contributed by atoms with Crippen LogP contribution in [-0.4, -0.2) is 32.2 Å². The van der Waals surface area contributed by atoms with Gasteiger partial charge >= 0.3 is 0 Å². The van der Waals surface area contributed by atoms with Gasteiger partial charge in [-0.05, 0) is 11.4 Å². The molecule has 0 radical (unpaired) electrons. The average Bonchev–Trinajstić information content (AvgIpc) is 3.02. The van der Waals surface area contributed by atoms with Gasteiger partial charge in [-0.15, -0.1) is 11.3 Å². The van der Waals surface area contributed by atoms with Crippen LogP contribution in [0.2, 0.25) is 0 Å². The van der Waals surface area contributed by atoms with Crippen LogP contribution in [0.25, 0.3) is 10.8 Å². The first kappa shape index (κ1) is 13.6. The maximum Gasteiger partial charge on any atom is 0.240 e. The molecule has 0 unspecified atom stereocenters. The molecule has 0 fully saturated rings. The van der Waals surface area contributed by atoms with Crippen molar-refractivity contribution in [1.29, 1.82) is 5.26 Å². The van der Waals surface area contributed by atoms with Crippen molar-refractivity contribution in [2.45, 2.75) is 6.42 Å². The Morgan fingerprint density at radius 3 is 3.00 bits per heavy atom. The molecular formula is C13H17N4OS+. The summed E-state index contributed by atoms with van der Waals surface area (Å²) < 4.78 is 5.62. The summed E-state index contributed by atoms with van der Waals surface area (Å²) in [7, 11) is 4.23. The number of rotatable bonds is 6. The summed E-state index contributed by atoms with van der Waals surface area (Å²) in [6.07, 6.45) is 1.02. The van der Waals surface area contributed by atoms with Crippen LogP contribution < -0.4 is 10.2 Å². The van der Waals surface area contributed by atoms with Crippen molar-refractivity contribution in [3.63, 3.8) is 0 Å². The Balaban J connectivity index is 2.02. The Bertz CT molecular complexity index is 554. The van der Waals surface area contributed by atoms with E-state index in [-0.39, 0.29) is 0 Å². The molecular weight excluding hydrogens is 260 g/mol. The average molecular weight is 277 g/mol. The fraction of sp³-hybridized carbons (Fsp3) is 0.385.